The van der Waals surface area contributed by atoms with Crippen LogP contribution in [0, 0.1) is 0 Å². The molecule has 1 nitrogen and oxygen atoms in total. The van der Waals surface area contributed by atoms with Gasteiger partial charge in [0, 0.05) is 11.1 Å². The first-order chi connectivity index (χ1) is 7.77. The normalized spacial score (nSPS) is 15.1. The van der Waals surface area contributed by atoms with E-state index < -0.39 is 0 Å². The highest BCUT2D eigenvalue weighted by Crippen LogP contribution is 2.34. The molecule has 0 atom stereocenters. The maximum absolute atomic E-state index is 6.43. The third-order valence-corrected chi connectivity index (χ3v) is 3.91. The van der Waals surface area contributed by atoms with E-state index in [-0.39, 0.29) is 0 Å². The highest BCUT2D eigenvalue weighted by Gasteiger charge is 2.17. The number of para-hydroxylation sites is 1. The molecule has 1 aromatic carbocycles. The molecular weight excluding hydrogens is 241 g/mol. The number of aromatic nitrogens is 1. The fourth-order valence-electron chi connectivity index (χ4n) is 2.35. The summed E-state index contributed by atoms with van der Waals surface area (Å²) in [6.45, 7) is 0. The van der Waals surface area contributed by atoms with E-state index in [4.69, 9.17) is 23.2 Å². The molecule has 1 aliphatic rings. The molecule has 0 saturated carbocycles. The second-order valence-corrected chi connectivity index (χ2v) is 4.98. The van der Waals surface area contributed by atoms with E-state index in [0.29, 0.717) is 5.02 Å². The van der Waals surface area contributed by atoms with Gasteiger partial charge in [-0.25, -0.2) is 0 Å². The summed E-state index contributed by atoms with van der Waals surface area (Å²) >= 11 is 12.6. The highest BCUT2D eigenvalue weighted by molar-refractivity contribution is 6.39. The number of nitrogens with zero attached hydrogens (tertiary/aromatic N) is 1. The van der Waals surface area contributed by atoms with Crippen molar-refractivity contribution >= 4 is 34.1 Å². The molecule has 0 bridgehead atoms. The number of pyridine rings is 1. The number of hydrogen-bond acceptors (Lipinski definition) is 1. The van der Waals surface area contributed by atoms with E-state index in [9.17, 15) is 0 Å². The Balaban J connectivity index is 2.39. The Kier molecular flexibility index (Phi) is 2.53. The van der Waals surface area contributed by atoms with Crippen LogP contribution in [0.15, 0.2) is 18.2 Å². The predicted molar refractivity (Wildman–Crippen MR) is 68.4 cm³/mol. The van der Waals surface area contributed by atoms with Gasteiger partial charge < -0.3 is 0 Å². The zero-order valence-corrected chi connectivity index (χ0v) is 10.3. The van der Waals surface area contributed by atoms with Crippen LogP contribution >= 0.6 is 23.2 Å². The average Bonchev–Trinajstić information content (AvgIpc) is 2.31. The standard InChI is InChI=1S/C13H11Cl2N/c14-10-6-3-5-9-12(15)8-4-1-2-7-11(8)16-13(9)10/h3,5-6H,1-2,4,7H2. The van der Waals surface area contributed by atoms with Crippen molar-refractivity contribution in [3.8, 4) is 0 Å². The van der Waals surface area contributed by atoms with E-state index in [1.807, 2.05) is 18.2 Å². The second kappa shape index (κ2) is 3.90. The molecule has 0 aliphatic heterocycles. The van der Waals surface area contributed by atoms with Gasteiger partial charge in [-0.1, -0.05) is 35.3 Å². The predicted octanol–water partition coefficient (Wildman–Crippen LogP) is 4.42. The van der Waals surface area contributed by atoms with Crippen molar-refractivity contribution in [2.24, 2.45) is 0 Å². The van der Waals surface area contributed by atoms with Gasteiger partial charge in [0.05, 0.1) is 15.6 Å². The molecule has 0 radical (unpaired) electrons. The minimum atomic E-state index is 0.688. The summed E-state index contributed by atoms with van der Waals surface area (Å²) < 4.78 is 0. The number of benzene rings is 1. The van der Waals surface area contributed by atoms with Gasteiger partial charge in [0.2, 0.25) is 0 Å². The number of rotatable bonds is 0. The number of aryl methyl sites for hydroxylation is 1. The maximum atomic E-state index is 6.43. The monoisotopic (exact) mass is 251 g/mol. The summed E-state index contributed by atoms with van der Waals surface area (Å²) in [5.41, 5.74) is 3.20. The topological polar surface area (TPSA) is 12.9 Å². The van der Waals surface area contributed by atoms with E-state index >= 15 is 0 Å². The van der Waals surface area contributed by atoms with Crippen LogP contribution in [-0.2, 0) is 12.8 Å². The molecule has 1 aromatic heterocycles. The lowest BCUT2D eigenvalue weighted by Crippen LogP contribution is -2.06. The number of halogens is 2. The minimum Gasteiger partial charge on any atom is -0.251 e. The zero-order chi connectivity index (χ0) is 11.1. The van der Waals surface area contributed by atoms with Gasteiger partial charge in [-0.3, -0.25) is 4.98 Å². The summed E-state index contributed by atoms with van der Waals surface area (Å²) in [6.07, 6.45) is 4.48. The zero-order valence-electron chi connectivity index (χ0n) is 8.76. The molecule has 0 saturated heterocycles. The Labute approximate surface area is 104 Å². The lowest BCUT2D eigenvalue weighted by atomic mass is 9.94. The number of fused-ring (bicyclic) bond motifs is 2. The Morgan fingerprint density at radius 1 is 1.06 bits per heavy atom. The van der Waals surface area contributed by atoms with Gasteiger partial charge in [0.1, 0.15) is 0 Å². The van der Waals surface area contributed by atoms with Gasteiger partial charge in [0.15, 0.2) is 0 Å². The fourth-order valence-corrected chi connectivity index (χ4v) is 2.93. The van der Waals surface area contributed by atoms with Gasteiger partial charge in [-0.05, 0) is 37.3 Å². The van der Waals surface area contributed by atoms with Crippen molar-refractivity contribution in [3.05, 3.63) is 39.5 Å². The molecule has 0 fully saturated rings. The van der Waals surface area contributed by atoms with Crippen LogP contribution in [0.2, 0.25) is 10.0 Å². The summed E-state index contributed by atoms with van der Waals surface area (Å²) in [5, 5.41) is 2.52. The molecule has 0 N–H and O–H groups in total. The van der Waals surface area contributed by atoms with Gasteiger partial charge >= 0.3 is 0 Å². The van der Waals surface area contributed by atoms with E-state index in [1.165, 1.54) is 18.4 Å². The lowest BCUT2D eigenvalue weighted by molar-refractivity contribution is 0.671. The quantitative estimate of drug-likeness (QED) is 0.676. The van der Waals surface area contributed by atoms with Gasteiger partial charge in [-0.2, -0.15) is 0 Å². The van der Waals surface area contributed by atoms with Crippen LogP contribution in [0.5, 0.6) is 0 Å². The third-order valence-electron chi connectivity index (χ3n) is 3.17. The summed E-state index contributed by atoms with van der Waals surface area (Å²) in [7, 11) is 0. The molecule has 1 heterocycles. The Hall–Kier alpha value is -0.790. The molecule has 0 spiro atoms. The van der Waals surface area contributed by atoms with Crippen LogP contribution in [0.25, 0.3) is 10.9 Å². The Morgan fingerprint density at radius 3 is 2.75 bits per heavy atom. The smallest absolute Gasteiger partial charge is 0.0906 e. The number of hydrogen-bond donors (Lipinski definition) is 0. The first-order valence-electron chi connectivity index (χ1n) is 5.53. The molecule has 2 aromatic rings. The first-order valence-corrected chi connectivity index (χ1v) is 6.28. The van der Waals surface area contributed by atoms with Crippen molar-refractivity contribution < 1.29 is 0 Å². The molecule has 0 amide bonds. The fraction of sp³-hybridized carbons (Fsp3) is 0.308. The van der Waals surface area contributed by atoms with Crippen molar-refractivity contribution in [2.45, 2.75) is 25.7 Å². The van der Waals surface area contributed by atoms with Gasteiger partial charge in [0.25, 0.3) is 0 Å². The molecule has 3 heteroatoms. The lowest BCUT2D eigenvalue weighted by Gasteiger charge is -2.17. The van der Waals surface area contributed by atoms with Crippen molar-refractivity contribution in [1.29, 1.82) is 0 Å². The summed E-state index contributed by atoms with van der Waals surface area (Å²) in [4.78, 5) is 4.66. The van der Waals surface area contributed by atoms with Gasteiger partial charge in [-0.15, -0.1) is 0 Å². The minimum absolute atomic E-state index is 0.688. The first kappa shape index (κ1) is 10.4. The van der Waals surface area contributed by atoms with Crippen molar-refractivity contribution in [1.82, 2.24) is 4.98 Å². The second-order valence-electron chi connectivity index (χ2n) is 4.19. The molecule has 0 unspecified atom stereocenters. The SMILES string of the molecule is Clc1c2c(nc3c(Cl)cccc13)CCCC2. The Morgan fingerprint density at radius 2 is 1.88 bits per heavy atom. The van der Waals surface area contributed by atoms with Crippen LogP contribution in [-0.4, -0.2) is 4.98 Å². The maximum Gasteiger partial charge on any atom is 0.0906 e. The summed E-state index contributed by atoms with van der Waals surface area (Å²) in [6, 6.07) is 5.78. The molecule has 1 aliphatic carbocycles. The van der Waals surface area contributed by atoms with E-state index in [0.717, 1.165) is 34.5 Å². The van der Waals surface area contributed by atoms with E-state index in [2.05, 4.69) is 4.98 Å². The molecule has 16 heavy (non-hydrogen) atoms. The highest BCUT2D eigenvalue weighted by atomic mass is 35.5. The third kappa shape index (κ3) is 1.50. The van der Waals surface area contributed by atoms with Crippen molar-refractivity contribution in [2.75, 3.05) is 0 Å². The Bertz CT molecular complexity index is 563. The van der Waals surface area contributed by atoms with Crippen LogP contribution < -0.4 is 0 Å². The van der Waals surface area contributed by atoms with E-state index in [1.54, 1.807) is 0 Å². The van der Waals surface area contributed by atoms with Crippen LogP contribution in [0.1, 0.15) is 24.1 Å². The molecule has 3 rings (SSSR count). The van der Waals surface area contributed by atoms with Crippen LogP contribution in [0.4, 0.5) is 0 Å². The summed E-state index contributed by atoms with van der Waals surface area (Å²) in [5.74, 6) is 0. The van der Waals surface area contributed by atoms with Crippen LogP contribution in [0.3, 0.4) is 0 Å². The molecule has 82 valence electrons. The van der Waals surface area contributed by atoms with Crippen molar-refractivity contribution in [3.63, 3.8) is 0 Å². The molecular formula is C13H11Cl2N. The average molecular weight is 252 g/mol. The largest absolute Gasteiger partial charge is 0.251 e.